The monoisotopic (exact) mass is 1400 g/mol. The molecule has 12 rings (SSSR count). The number of alkyl halides is 9. The summed E-state index contributed by atoms with van der Waals surface area (Å²) < 4.78 is 133. The first-order valence-corrected chi connectivity index (χ1v) is 34.2. The van der Waals surface area contributed by atoms with Gasteiger partial charge in [0.2, 0.25) is 0 Å². The van der Waals surface area contributed by atoms with E-state index in [2.05, 4.69) is 9.97 Å². The van der Waals surface area contributed by atoms with Crippen molar-refractivity contribution in [2.24, 2.45) is 0 Å². The number of halogens is 10. The molecule has 0 radical (unpaired) electrons. The topological polar surface area (TPSA) is 208 Å². The molecule has 0 unspecified atom stereocenters. The van der Waals surface area contributed by atoms with Crippen LogP contribution in [0.25, 0.3) is 0 Å². The number of aromatic nitrogens is 2. The van der Waals surface area contributed by atoms with Crippen molar-refractivity contribution < 1.29 is 88.9 Å². The molecule has 100 heavy (non-hydrogen) atoms. The molecule has 6 N–H and O–H groups in total. The van der Waals surface area contributed by atoms with Crippen LogP contribution in [0.5, 0.6) is 0 Å². The third kappa shape index (κ3) is 15.8. The summed E-state index contributed by atoms with van der Waals surface area (Å²) >= 11 is 0. The number of pyridine rings is 2. The lowest BCUT2D eigenvalue weighted by molar-refractivity contribution is -0.259. The Morgan fingerprint density at radius 1 is 0.390 bits per heavy atom. The average Bonchev–Trinajstić information content (AvgIpc) is 0.822. The molecule has 6 aliphatic rings. The predicted molar refractivity (Wildman–Crippen MR) is 352 cm³/mol. The van der Waals surface area contributed by atoms with E-state index in [1.165, 1.54) is 66.7 Å². The molecule has 14 nitrogen and oxygen atoms in total. The highest BCUT2D eigenvalue weighted by Crippen LogP contribution is 2.49. The maximum Gasteiger partial charge on any atom is 0.421 e. The van der Waals surface area contributed by atoms with E-state index >= 15 is 0 Å². The van der Waals surface area contributed by atoms with Gasteiger partial charge in [0.05, 0.1) is 19.8 Å². The number of hydrogen-bond acceptors (Lipinski definition) is 11. The van der Waals surface area contributed by atoms with Gasteiger partial charge < -0.3 is 45.3 Å². The summed E-state index contributed by atoms with van der Waals surface area (Å²) in [6, 6.07) is 29.5. The van der Waals surface area contributed by atoms with E-state index in [9.17, 15) is 88.9 Å². The van der Waals surface area contributed by atoms with Gasteiger partial charge in [-0.3, -0.25) is 24.4 Å². The summed E-state index contributed by atoms with van der Waals surface area (Å²) in [4.78, 5) is 54.1. The standard InChI is InChI=1S/C26H29F4NO3.2C25H29F3N2O3/c1-24(34,26(28,29)30)18-8-6-17(7-9-18)23(33)31(19-10-11-19)20-12-14-25(16-32,15-13-20)21-4-2-3-5-22(21)27;2*1-23(33,25(26,27)28)18-6-4-17(5-7-18)22(32)30(20-8-9-20)21-10-12-24(16-31,13-11-21)19-3-2-14-29-15-19/h2-9,19-20,32,34H,10-16H2,1H3;2*2-7,14-15,20-21,31,33H,8-13,16H2,1H3/t20?,24-,25?;2*21?,23-,24?/m000/s1. The Morgan fingerprint density at radius 2 is 0.650 bits per heavy atom. The minimum Gasteiger partial charge on any atom is -0.395 e. The molecule has 4 aromatic carbocycles. The van der Waals surface area contributed by atoms with E-state index in [4.69, 9.17) is 0 Å². The highest BCUT2D eigenvalue weighted by Gasteiger charge is 2.54. The first-order chi connectivity index (χ1) is 47.2. The first-order valence-electron chi connectivity index (χ1n) is 34.2. The SMILES string of the molecule is C[C@](O)(c1ccc(C(=O)N(C2CC2)C2CCC(CO)(c3ccccc3F)CC2)cc1)C(F)(F)F.C[C@](O)(c1ccc(C(=O)N(C2CC2)C2CCC(CO)(c3cccnc3)CC2)cc1)C(F)(F)F.C[C@](O)(c1ccc(C(=O)N(C2CC2)C2CCC(CO)(c3cccnc3)CC2)cc1)C(F)(F)F. The lowest BCUT2D eigenvalue weighted by Crippen LogP contribution is -2.47. The molecule has 0 saturated heterocycles. The van der Waals surface area contributed by atoms with Crippen LogP contribution in [0.3, 0.4) is 0 Å². The van der Waals surface area contributed by atoms with Crippen LogP contribution < -0.4 is 0 Å². The summed E-state index contributed by atoms with van der Waals surface area (Å²) in [6.07, 6.45) is 5.99. The zero-order chi connectivity index (χ0) is 72.4. The zero-order valence-electron chi connectivity index (χ0n) is 56.1. The molecular formula is C76H87F10N5O9. The highest BCUT2D eigenvalue weighted by atomic mass is 19.4. The van der Waals surface area contributed by atoms with E-state index in [-0.39, 0.29) is 113 Å². The zero-order valence-corrected chi connectivity index (χ0v) is 56.1. The molecule has 3 amide bonds. The lowest BCUT2D eigenvalue weighted by atomic mass is 9.68. The van der Waals surface area contributed by atoms with Crippen LogP contribution in [0.2, 0.25) is 0 Å². The number of carbonyl (C=O) groups excluding carboxylic acids is 3. The number of carbonyl (C=O) groups is 3. The molecule has 0 bridgehead atoms. The van der Waals surface area contributed by atoms with Crippen molar-refractivity contribution in [2.45, 2.75) is 224 Å². The Morgan fingerprint density at radius 3 is 0.880 bits per heavy atom. The van der Waals surface area contributed by atoms with Gasteiger partial charge in [-0.1, -0.05) is 66.7 Å². The highest BCUT2D eigenvalue weighted by molar-refractivity contribution is 5.96. The smallest absolute Gasteiger partial charge is 0.395 e. The molecule has 24 heteroatoms. The lowest BCUT2D eigenvalue weighted by Gasteiger charge is -2.43. The summed E-state index contributed by atoms with van der Waals surface area (Å²) in [5.74, 6) is -0.995. The fraction of sp³-hybridized carbons (Fsp3) is 0.513. The van der Waals surface area contributed by atoms with Gasteiger partial charge in [0.25, 0.3) is 17.7 Å². The van der Waals surface area contributed by atoms with Crippen LogP contribution in [0.1, 0.15) is 201 Å². The maximum atomic E-state index is 14.5. The van der Waals surface area contributed by atoms with Crippen molar-refractivity contribution in [1.82, 2.24) is 24.7 Å². The van der Waals surface area contributed by atoms with Crippen molar-refractivity contribution in [3.63, 3.8) is 0 Å². The molecule has 6 aromatic rings. The molecule has 0 spiro atoms. The summed E-state index contributed by atoms with van der Waals surface area (Å²) in [5.41, 5.74) is -7.92. The minimum absolute atomic E-state index is 0.0132. The van der Waals surface area contributed by atoms with Crippen LogP contribution in [0.4, 0.5) is 43.9 Å². The van der Waals surface area contributed by atoms with Gasteiger partial charge in [-0.2, -0.15) is 39.5 Å². The summed E-state index contributed by atoms with van der Waals surface area (Å²) in [5, 5.41) is 60.1. The Labute approximate surface area is 575 Å². The van der Waals surface area contributed by atoms with Crippen molar-refractivity contribution in [3.8, 4) is 0 Å². The summed E-state index contributed by atoms with van der Waals surface area (Å²) in [6.45, 7) is 1.95. The van der Waals surface area contributed by atoms with Crippen molar-refractivity contribution in [3.05, 3.63) is 202 Å². The number of nitrogens with zero attached hydrogens (tertiary/aromatic N) is 5. The van der Waals surface area contributed by atoms with Gasteiger partial charge in [-0.05, 0) is 224 Å². The first kappa shape index (κ1) is 75.3. The van der Waals surface area contributed by atoms with Crippen molar-refractivity contribution in [1.29, 1.82) is 0 Å². The van der Waals surface area contributed by atoms with Crippen molar-refractivity contribution >= 4 is 17.7 Å². The molecule has 2 heterocycles. The Bertz CT molecular complexity index is 3570. The third-order valence-corrected chi connectivity index (χ3v) is 22.1. The third-order valence-electron chi connectivity index (χ3n) is 22.1. The predicted octanol–water partition coefficient (Wildman–Crippen LogP) is 13.7. The largest absolute Gasteiger partial charge is 0.421 e. The minimum atomic E-state index is -4.84. The Balaban J connectivity index is 0.000000162. The fourth-order valence-corrected chi connectivity index (χ4v) is 14.8. The molecule has 3 atom stereocenters. The van der Waals surface area contributed by atoms with Gasteiger partial charge in [0.1, 0.15) is 5.82 Å². The Kier molecular flexibility index (Phi) is 22.3. The van der Waals surface area contributed by atoms with E-state index in [0.29, 0.717) is 63.1 Å². The van der Waals surface area contributed by atoms with Gasteiger partial charge >= 0.3 is 18.5 Å². The van der Waals surface area contributed by atoms with Crippen LogP contribution in [0, 0.1) is 5.82 Å². The molecule has 6 aliphatic carbocycles. The van der Waals surface area contributed by atoms with Crippen LogP contribution in [-0.2, 0) is 33.0 Å². The quantitative estimate of drug-likeness (QED) is 0.0446. The van der Waals surface area contributed by atoms with Crippen LogP contribution in [-0.4, -0.2) is 148 Å². The molecule has 2 aromatic heterocycles. The second kappa shape index (κ2) is 29.5. The number of hydrogen-bond donors (Lipinski definition) is 6. The molecule has 6 saturated carbocycles. The van der Waals surface area contributed by atoms with E-state index in [1.54, 1.807) is 43.0 Å². The molecule has 540 valence electrons. The van der Waals surface area contributed by atoms with Gasteiger partial charge in [0.15, 0.2) is 16.8 Å². The second-order valence-corrected chi connectivity index (χ2v) is 28.7. The number of aliphatic hydroxyl groups is 6. The number of amides is 3. The maximum absolute atomic E-state index is 14.5. The molecule has 6 fully saturated rings. The Hall–Kier alpha value is -7.35. The van der Waals surface area contributed by atoms with Gasteiger partial charge in [-0.15, -0.1) is 0 Å². The number of benzene rings is 4. The van der Waals surface area contributed by atoms with Crippen molar-refractivity contribution in [2.75, 3.05) is 19.8 Å². The van der Waals surface area contributed by atoms with E-state index in [1.807, 2.05) is 39.0 Å². The van der Waals surface area contributed by atoms with E-state index in [0.717, 1.165) is 113 Å². The van der Waals surface area contributed by atoms with E-state index < -0.39 is 40.7 Å². The normalized spacial score (nSPS) is 25.2. The average molecular weight is 1400 g/mol. The second-order valence-electron chi connectivity index (χ2n) is 28.7. The number of rotatable bonds is 18. The van der Waals surface area contributed by atoms with Gasteiger partial charge in [-0.25, -0.2) is 4.39 Å². The molecular weight excluding hydrogens is 1320 g/mol. The van der Waals surface area contributed by atoms with Gasteiger partial charge in [0, 0.05) is 94.0 Å². The van der Waals surface area contributed by atoms with Crippen LogP contribution >= 0.6 is 0 Å². The van der Waals surface area contributed by atoms with Crippen LogP contribution in [0.15, 0.2) is 146 Å². The number of aliphatic hydroxyl groups excluding tert-OH is 3. The summed E-state index contributed by atoms with van der Waals surface area (Å²) in [7, 11) is 0. The molecule has 0 aliphatic heterocycles. The fourth-order valence-electron chi connectivity index (χ4n) is 14.8.